The number of nitro groups is 1. The van der Waals surface area contributed by atoms with Crippen molar-refractivity contribution in [1.82, 2.24) is 24.5 Å². The average Bonchev–Trinajstić information content (AvgIpc) is 2.84. The van der Waals surface area contributed by atoms with E-state index in [9.17, 15) is 18.5 Å². The summed E-state index contributed by atoms with van der Waals surface area (Å²) in [5, 5.41) is 23.0. The highest BCUT2D eigenvalue weighted by Gasteiger charge is 2.36. The fourth-order valence-corrected chi connectivity index (χ4v) is 3.16. The van der Waals surface area contributed by atoms with Gasteiger partial charge in [-0.05, 0) is 12.1 Å². The van der Waals surface area contributed by atoms with Gasteiger partial charge in [0.1, 0.15) is 6.04 Å². The molecule has 1 aliphatic heterocycles. The maximum absolute atomic E-state index is 11.3. The van der Waals surface area contributed by atoms with Crippen molar-refractivity contribution in [3.05, 3.63) is 33.9 Å². The summed E-state index contributed by atoms with van der Waals surface area (Å²) in [7, 11) is -3.20. The molecular formula is C12H14N6O4S. The van der Waals surface area contributed by atoms with Gasteiger partial charge in [-0.1, -0.05) is 12.1 Å². The Kier molecular flexibility index (Phi) is 3.60. The minimum absolute atomic E-state index is 0.00857. The number of aromatic nitrogens is 4. The van der Waals surface area contributed by atoms with Crippen molar-refractivity contribution in [1.29, 1.82) is 0 Å². The van der Waals surface area contributed by atoms with Crippen LogP contribution in [0.15, 0.2) is 18.2 Å². The summed E-state index contributed by atoms with van der Waals surface area (Å²) in [4.78, 5) is 11.9. The monoisotopic (exact) mass is 338 g/mol. The predicted molar refractivity (Wildman–Crippen MR) is 80.1 cm³/mol. The summed E-state index contributed by atoms with van der Waals surface area (Å²) < 4.78 is 24.0. The summed E-state index contributed by atoms with van der Waals surface area (Å²) in [5.41, 5.74) is 1.03. The number of nitro benzene ring substituents is 1. The van der Waals surface area contributed by atoms with Gasteiger partial charge < -0.3 is 0 Å². The fraction of sp³-hybridized carbons (Fsp3) is 0.417. The van der Waals surface area contributed by atoms with Crippen molar-refractivity contribution in [2.75, 3.05) is 19.3 Å². The van der Waals surface area contributed by atoms with Crippen molar-refractivity contribution < 1.29 is 13.3 Å². The summed E-state index contributed by atoms with van der Waals surface area (Å²) >= 11 is 0. The van der Waals surface area contributed by atoms with E-state index in [0.29, 0.717) is 24.2 Å². The summed E-state index contributed by atoms with van der Waals surface area (Å²) in [6.45, 7) is 2.24. The van der Waals surface area contributed by atoms with E-state index in [0.717, 1.165) is 6.26 Å². The minimum Gasteiger partial charge on any atom is -0.258 e. The molecule has 0 aliphatic carbocycles. The van der Waals surface area contributed by atoms with Crippen molar-refractivity contribution in [2.45, 2.75) is 13.0 Å². The Morgan fingerprint density at radius 3 is 2.65 bits per heavy atom. The second kappa shape index (κ2) is 5.35. The van der Waals surface area contributed by atoms with Crippen molar-refractivity contribution in [3.8, 4) is 11.4 Å². The van der Waals surface area contributed by atoms with E-state index in [2.05, 4.69) is 15.4 Å². The second-order valence-electron chi connectivity index (χ2n) is 5.43. The lowest BCUT2D eigenvalue weighted by Gasteiger charge is -2.35. The topological polar surface area (TPSA) is 124 Å². The van der Waals surface area contributed by atoms with Gasteiger partial charge >= 0.3 is 0 Å². The van der Waals surface area contributed by atoms with Gasteiger partial charge in [0.05, 0.1) is 11.2 Å². The molecule has 0 spiro atoms. The van der Waals surface area contributed by atoms with Crippen LogP contribution in [0.25, 0.3) is 11.4 Å². The SMILES string of the molecule is Cc1ccc(-c2nnn(C3CN(S(C)(=O)=O)C3)n2)cc1[N+](=O)[O-]. The molecule has 0 bridgehead atoms. The Labute approximate surface area is 131 Å². The molecule has 3 rings (SSSR count). The van der Waals surface area contributed by atoms with Crippen molar-refractivity contribution >= 4 is 15.7 Å². The standard InChI is InChI=1S/C12H14N6O4S/c1-8-3-4-9(5-11(8)18(19)20)12-13-15-17(14-12)10-6-16(7-10)23(2,21)22/h3-5,10H,6-7H2,1-2H3. The van der Waals surface area contributed by atoms with E-state index in [1.165, 1.54) is 15.2 Å². The van der Waals surface area contributed by atoms with E-state index in [1.807, 2.05) is 0 Å². The molecule has 1 aliphatic rings. The number of tetrazole rings is 1. The molecule has 23 heavy (non-hydrogen) atoms. The minimum atomic E-state index is -3.20. The first-order chi connectivity index (χ1) is 10.8. The molecule has 0 unspecified atom stereocenters. The van der Waals surface area contributed by atoms with Crippen LogP contribution in [0.4, 0.5) is 5.69 Å². The number of hydrogen-bond donors (Lipinski definition) is 0. The lowest BCUT2D eigenvalue weighted by atomic mass is 10.1. The third-order valence-electron chi connectivity index (χ3n) is 3.72. The molecule has 0 saturated carbocycles. The number of sulfonamides is 1. The third kappa shape index (κ3) is 2.92. The Hall–Kier alpha value is -2.40. The Balaban J connectivity index is 1.81. The molecule has 0 amide bonds. The van der Waals surface area contributed by atoms with Gasteiger partial charge in [-0.2, -0.15) is 9.10 Å². The third-order valence-corrected chi connectivity index (χ3v) is 4.95. The first-order valence-corrected chi connectivity index (χ1v) is 8.60. The number of aryl methyl sites for hydroxylation is 1. The van der Waals surface area contributed by atoms with Gasteiger partial charge in [-0.3, -0.25) is 10.1 Å². The van der Waals surface area contributed by atoms with Crippen LogP contribution in [-0.4, -0.2) is 57.2 Å². The van der Waals surface area contributed by atoms with Crippen LogP contribution in [0.5, 0.6) is 0 Å². The first-order valence-electron chi connectivity index (χ1n) is 6.76. The van der Waals surface area contributed by atoms with Gasteiger partial charge in [-0.15, -0.1) is 10.2 Å². The lowest BCUT2D eigenvalue weighted by molar-refractivity contribution is -0.385. The highest BCUT2D eigenvalue weighted by molar-refractivity contribution is 7.88. The zero-order valence-corrected chi connectivity index (χ0v) is 13.3. The molecular weight excluding hydrogens is 324 g/mol. The Morgan fingerprint density at radius 1 is 1.35 bits per heavy atom. The number of nitrogens with zero attached hydrogens (tertiary/aromatic N) is 6. The fourth-order valence-electron chi connectivity index (χ4n) is 2.27. The van der Waals surface area contributed by atoms with E-state index in [1.54, 1.807) is 19.1 Å². The molecule has 0 N–H and O–H groups in total. The Bertz CT molecular complexity index is 871. The second-order valence-corrected chi connectivity index (χ2v) is 7.41. The van der Waals surface area contributed by atoms with E-state index < -0.39 is 14.9 Å². The Morgan fingerprint density at radius 2 is 2.04 bits per heavy atom. The molecule has 0 atom stereocenters. The van der Waals surface area contributed by atoms with Crippen molar-refractivity contribution in [2.24, 2.45) is 0 Å². The van der Waals surface area contributed by atoms with E-state index >= 15 is 0 Å². The summed E-state index contributed by atoms with van der Waals surface area (Å²) in [6.07, 6.45) is 1.15. The number of rotatable bonds is 4. The van der Waals surface area contributed by atoms with Crippen LogP contribution in [0, 0.1) is 17.0 Å². The van der Waals surface area contributed by atoms with Gasteiger partial charge in [0.15, 0.2) is 0 Å². The molecule has 0 radical (unpaired) electrons. The molecule has 1 saturated heterocycles. The maximum atomic E-state index is 11.3. The molecule has 1 aromatic carbocycles. The quantitative estimate of drug-likeness (QED) is 0.582. The predicted octanol–water partition coefficient (Wildman–Crippen LogP) is 0.373. The zero-order chi connectivity index (χ0) is 16.8. The van der Waals surface area contributed by atoms with Crippen LogP contribution in [0.1, 0.15) is 11.6 Å². The van der Waals surface area contributed by atoms with Gasteiger partial charge in [0.2, 0.25) is 15.8 Å². The molecule has 2 heterocycles. The highest BCUT2D eigenvalue weighted by atomic mass is 32.2. The average molecular weight is 338 g/mol. The largest absolute Gasteiger partial charge is 0.273 e. The zero-order valence-electron chi connectivity index (χ0n) is 12.4. The number of hydrogen-bond acceptors (Lipinski definition) is 7. The molecule has 10 nitrogen and oxygen atoms in total. The van der Waals surface area contributed by atoms with Gasteiger partial charge in [0.25, 0.3) is 5.69 Å². The summed E-state index contributed by atoms with van der Waals surface area (Å²) in [5.74, 6) is 0.269. The number of benzene rings is 1. The lowest BCUT2D eigenvalue weighted by Crippen LogP contribution is -2.50. The molecule has 1 aromatic heterocycles. The van der Waals surface area contributed by atoms with Gasteiger partial charge in [0, 0.05) is 30.3 Å². The van der Waals surface area contributed by atoms with E-state index in [-0.39, 0.29) is 17.6 Å². The van der Waals surface area contributed by atoms with Crippen molar-refractivity contribution in [3.63, 3.8) is 0 Å². The first kappa shape index (κ1) is 15.5. The van der Waals surface area contributed by atoms with E-state index in [4.69, 9.17) is 0 Å². The van der Waals surface area contributed by atoms with Gasteiger partial charge in [-0.25, -0.2) is 8.42 Å². The van der Waals surface area contributed by atoms with Crippen LogP contribution in [-0.2, 0) is 10.0 Å². The smallest absolute Gasteiger partial charge is 0.258 e. The summed E-state index contributed by atoms with van der Waals surface area (Å²) in [6, 6.07) is 4.54. The van der Waals surface area contributed by atoms with Crippen LogP contribution in [0.2, 0.25) is 0 Å². The molecule has 1 fully saturated rings. The highest BCUT2D eigenvalue weighted by Crippen LogP contribution is 2.26. The molecule has 122 valence electrons. The molecule has 2 aromatic rings. The molecule has 11 heteroatoms. The van der Waals surface area contributed by atoms with Crippen LogP contribution < -0.4 is 0 Å². The normalized spacial score (nSPS) is 16.3. The van der Waals surface area contributed by atoms with Crippen LogP contribution in [0.3, 0.4) is 0 Å². The van der Waals surface area contributed by atoms with Crippen LogP contribution >= 0.6 is 0 Å². The maximum Gasteiger partial charge on any atom is 0.273 e.